The van der Waals surface area contributed by atoms with Crippen molar-refractivity contribution >= 4 is 62.5 Å². The Kier molecular flexibility index (Phi) is 10.4. The van der Waals surface area contributed by atoms with Gasteiger partial charge in [-0.25, -0.2) is 4.79 Å². The molecule has 5 aromatic rings. The van der Waals surface area contributed by atoms with Gasteiger partial charge < -0.3 is 14.3 Å². The Morgan fingerprint density at radius 1 is 0.783 bits per heavy atom. The number of oxime groups is 1. The third-order valence-electron chi connectivity index (χ3n) is 8.14. The van der Waals surface area contributed by atoms with E-state index in [1.54, 1.807) is 17.8 Å². The number of rotatable bonds is 13. The minimum absolute atomic E-state index is 0.0560. The Morgan fingerprint density at radius 3 is 1.96 bits per heavy atom. The van der Waals surface area contributed by atoms with Gasteiger partial charge >= 0.3 is 5.97 Å². The van der Waals surface area contributed by atoms with Crippen LogP contribution in [0.15, 0.2) is 95.0 Å². The molecular formula is C38H39N3O4S. The first-order chi connectivity index (χ1) is 22.2. The lowest BCUT2D eigenvalue weighted by Crippen LogP contribution is -2.21. The van der Waals surface area contributed by atoms with Crippen LogP contribution in [-0.4, -0.2) is 46.7 Å². The highest BCUT2D eigenvalue weighted by atomic mass is 32.2. The van der Waals surface area contributed by atoms with Crippen LogP contribution in [0.4, 0.5) is 5.69 Å². The predicted octanol–water partition coefficient (Wildman–Crippen LogP) is 8.48. The van der Waals surface area contributed by atoms with Gasteiger partial charge in [-0.05, 0) is 100 Å². The predicted molar refractivity (Wildman–Crippen MR) is 189 cm³/mol. The number of hydrogen-bond acceptors (Lipinski definition) is 7. The largest absolute Gasteiger partial charge is 0.372 e. The number of aryl methyl sites for hydroxylation is 2. The lowest BCUT2D eigenvalue weighted by molar-refractivity contribution is -0.140. The highest BCUT2D eigenvalue weighted by Gasteiger charge is 2.20. The number of Topliss-reactive ketones (excluding diaryl/α,β-unsaturated/α-hetero) is 1. The van der Waals surface area contributed by atoms with Crippen molar-refractivity contribution in [2.75, 3.05) is 23.7 Å². The molecule has 0 bridgehead atoms. The molecule has 0 saturated heterocycles. The van der Waals surface area contributed by atoms with Crippen molar-refractivity contribution in [1.29, 1.82) is 0 Å². The van der Waals surface area contributed by atoms with E-state index in [-0.39, 0.29) is 17.3 Å². The molecular weight excluding hydrogens is 595 g/mol. The van der Waals surface area contributed by atoms with Crippen molar-refractivity contribution in [2.45, 2.75) is 52.5 Å². The van der Waals surface area contributed by atoms with E-state index in [0.717, 1.165) is 52.0 Å². The van der Waals surface area contributed by atoms with Crippen LogP contribution in [0.3, 0.4) is 0 Å². The molecule has 236 valence electrons. The molecule has 0 spiro atoms. The summed E-state index contributed by atoms with van der Waals surface area (Å²) in [6.45, 7) is 12.1. The Balaban J connectivity index is 1.47. The SMILES string of the molecule is CCN(CC)c1ccc(C(=O)c2ccc3c(c2)c2cc(C(=O)/C(CCSc4ccc(C)cc4)=N/OC(C)=O)ccc2n3CC)cc1. The van der Waals surface area contributed by atoms with Gasteiger partial charge in [-0.15, -0.1) is 11.8 Å². The van der Waals surface area contributed by atoms with Crippen LogP contribution in [0.5, 0.6) is 0 Å². The van der Waals surface area contributed by atoms with Crippen LogP contribution in [0.1, 0.15) is 66.0 Å². The van der Waals surface area contributed by atoms with E-state index in [1.807, 2.05) is 85.8 Å². The second kappa shape index (κ2) is 14.6. The first-order valence-corrected chi connectivity index (χ1v) is 16.7. The summed E-state index contributed by atoms with van der Waals surface area (Å²) in [4.78, 5) is 47.2. The number of aromatic nitrogens is 1. The molecule has 1 heterocycles. The maximum atomic E-state index is 13.8. The van der Waals surface area contributed by atoms with E-state index in [0.29, 0.717) is 28.9 Å². The average Bonchev–Trinajstić information content (AvgIpc) is 3.39. The number of anilines is 1. The molecule has 4 aromatic carbocycles. The van der Waals surface area contributed by atoms with Crippen molar-refractivity contribution in [2.24, 2.45) is 5.16 Å². The summed E-state index contributed by atoms with van der Waals surface area (Å²) >= 11 is 1.61. The summed E-state index contributed by atoms with van der Waals surface area (Å²) in [6, 6.07) is 27.3. The fourth-order valence-corrected chi connectivity index (χ4v) is 6.55. The van der Waals surface area contributed by atoms with E-state index < -0.39 is 5.97 Å². The number of thioether (sulfide) groups is 1. The molecule has 0 N–H and O–H groups in total. The number of carbonyl (C=O) groups is 3. The number of benzene rings is 4. The smallest absolute Gasteiger partial charge is 0.331 e. The Labute approximate surface area is 274 Å². The second-order valence-corrected chi connectivity index (χ2v) is 12.3. The highest BCUT2D eigenvalue weighted by molar-refractivity contribution is 7.99. The van der Waals surface area contributed by atoms with Gasteiger partial charge in [0.2, 0.25) is 5.78 Å². The summed E-state index contributed by atoms with van der Waals surface area (Å²) in [5.41, 5.74) is 6.05. The van der Waals surface area contributed by atoms with Gasteiger partial charge in [0.25, 0.3) is 0 Å². The fraction of sp³-hybridized carbons (Fsp3) is 0.263. The van der Waals surface area contributed by atoms with Crippen LogP contribution in [0, 0.1) is 6.92 Å². The third-order valence-corrected chi connectivity index (χ3v) is 9.15. The van der Waals surface area contributed by atoms with Crippen molar-refractivity contribution in [1.82, 2.24) is 4.57 Å². The minimum Gasteiger partial charge on any atom is -0.372 e. The molecule has 46 heavy (non-hydrogen) atoms. The third kappa shape index (κ3) is 7.07. The molecule has 0 radical (unpaired) electrons. The average molecular weight is 634 g/mol. The van der Waals surface area contributed by atoms with Gasteiger partial charge in [0.15, 0.2) is 5.78 Å². The standard InChI is InChI=1S/C38H39N3O4S/c1-6-40(7-2)30-15-11-27(12-16-30)37(43)28-13-19-35-32(23-28)33-24-29(14-20-36(33)41(35)8-3)38(44)34(39-45-26(5)42)21-22-46-31-17-9-25(4)10-18-31/h9-20,23-24H,6-8,21-22H2,1-5H3/b39-34+. The van der Waals surface area contributed by atoms with Crippen LogP contribution in [-0.2, 0) is 16.2 Å². The summed E-state index contributed by atoms with van der Waals surface area (Å²) in [7, 11) is 0. The van der Waals surface area contributed by atoms with E-state index >= 15 is 0 Å². The molecule has 5 rings (SSSR count). The Bertz CT molecular complexity index is 1920. The molecule has 0 aliphatic heterocycles. The Morgan fingerprint density at radius 2 is 1.37 bits per heavy atom. The van der Waals surface area contributed by atoms with Gasteiger partial charge in [-0.3, -0.25) is 9.59 Å². The molecule has 0 aliphatic carbocycles. The summed E-state index contributed by atoms with van der Waals surface area (Å²) < 4.78 is 2.18. The van der Waals surface area contributed by atoms with E-state index in [9.17, 15) is 14.4 Å². The Hall–Kier alpha value is -4.69. The minimum atomic E-state index is -0.585. The lowest BCUT2D eigenvalue weighted by atomic mass is 9.99. The molecule has 7 nitrogen and oxygen atoms in total. The molecule has 0 atom stereocenters. The lowest BCUT2D eigenvalue weighted by Gasteiger charge is -2.21. The van der Waals surface area contributed by atoms with Gasteiger partial charge in [0.05, 0.1) is 0 Å². The van der Waals surface area contributed by atoms with Crippen LogP contribution in [0.25, 0.3) is 21.8 Å². The van der Waals surface area contributed by atoms with Crippen molar-refractivity contribution < 1.29 is 19.2 Å². The normalized spacial score (nSPS) is 11.6. The van der Waals surface area contributed by atoms with Gasteiger partial charge in [0, 0.05) is 87.8 Å². The van der Waals surface area contributed by atoms with Crippen molar-refractivity contribution in [3.8, 4) is 0 Å². The molecule has 1 aromatic heterocycles. The number of nitrogens with zero attached hydrogens (tertiary/aromatic N) is 3. The molecule has 8 heteroatoms. The van der Waals surface area contributed by atoms with E-state index in [1.165, 1.54) is 12.5 Å². The van der Waals surface area contributed by atoms with Gasteiger partial charge in [-0.1, -0.05) is 22.9 Å². The van der Waals surface area contributed by atoms with Crippen molar-refractivity contribution in [3.05, 3.63) is 107 Å². The van der Waals surface area contributed by atoms with Crippen LogP contribution in [0.2, 0.25) is 0 Å². The van der Waals surface area contributed by atoms with E-state index in [4.69, 9.17) is 4.84 Å². The van der Waals surface area contributed by atoms with Gasteiger partial charge in [-0.2, -0.15) is 0 Å². The molecule has 0 aliphatic rings. The fourth-order valence-electron chi connectivity index (χ4n) is 5.69. The number of hydrogen-bond donors (Lipinski definition) is 0. The maximum absolute atomic E-state index is 13.8. The number of ketones is 2. The highest BCUT2D eigenvalue weighted by Crippen LogP contribution is 2.32. The topological polar surface area (TPSA) is 81.0 Å². The van der Waals surface area contributed by atoms with Crippen molar-refractivity contribution in [3.63, 3.8) is 0 Å². The first kappa shape index (κ1) is 32.7. The van der Waals surface area contributed by atoms with Gasteiger partial charge in [0.1, 0.15) is 5.71 Å². The summed E-state index contributed by atoms with van der Waals surface area (Å²) in [5.74, 6) is -0.351. The second-order valence-electron chi connectivity index (χ2n) is 11.1. The van der Waals surface area contributed by atoms with Crippen LogP contribution < -0.4 is 4.90 Å². The molecule has 0 saturated carbocycles. The molecule has 0 fully saturated rings. The summed E-state index contributed by atoms with van der Waals surface area (Å²) in [6.07, 6.45) is 0.325. The van der Waals surface area contributed by atoms with Crippen LogP contribution >= 0.6 is 11.8 Å². The zero-order chi connectivity index (χ0) is 32.8. The number of carbonyl (C=O) groups excluding carboxylic acids is 3. The number of fused-ring (bicyclic) bond motifs is 3. The zero-order valence-electron chi connectivity index (χ0n) is 27.0. The zero-order valence-corrected chi connectivity index (χ0v) is 27.8. The first-order valence-electron chi connectivity index (χ1n) is 15.7. The molecule has 0 amide bonds. The monoisotopic (exact) mass is 633 g/mol. The quantitative estimate of drug-likeness (QED) is 0.0425. The summed E-state index contributed by atoms with van der Waals surface area (Å²) in [5, 5.41) is 5.72. The maximum Gasteiger partial charge on any atom is 0.331 e. The van der Waals surface area contributed by atoms with E-state index in [2.05, 4.69) is 35.4 Å². The molecule has 0 unspecified atom stereocenters.